The van der Waals surface area contributed by atoms with E-state index < -0.39 is 5.54 Å². The van der Waals surface area contributed by atoms with Crippen LogP contribution in [0.1, 0.15) is 39.5 Å². The quantitative estimate of drug-likeness (QED) is 0.853. The summed E-state index contributed by atoms with van der Waals surface area (Å²) < 4.78 is 19.1. The molecule has 0 bridgehead atoms. The number of halogens is 1. The predicted molar refractivity (Wildman–Crippen MR) is 77.0 cm³/mol. The molecule has 1 aromatic rings. The van der Waals surface area contributed by atoms with Crippen LogP contribution in [0, 0.1) is 11.7 Å². The lowest BCUT2D eigenvalue weighted by atomic mass is 9.76. The van der Waals surface area contributed by atoms with Crippen molar-refractivity contribution >= 4 is 11.7 Å². The summed E-state index contributed by atoms with van der Waals surface area (Å²) in [5.41, 5.74) is -0.426. The van der Waals surface area contributed by atoms with Gasteiger partial charge in [0.05, 0.1) is 12.3 Å². The smallest absolute Gasteiger partial charge is 0.331 e. The molecule has 1 saturated carbocycles. The minimum Gasteiger partial charge on any atom is -0.464 e. The summed E-state index contributed by atoms with van der Waals surface area (Å²) in [6, 6.07) is 6.46. The monoisotopic (exact) mass is 279 g/mol. The Balaban J connectivity index is 2.27. The third kappa shape index (κ3) is 3.11. The largest absolute Gasteiger partial charge is 0.464 e. The maximum atomic E-state index is 13.8. The Kier molecular flexibility index (Phi) is 4.63. The highest BCUT2D eigenvalue weighted by atomic mass is 19.1. The molecule has 1 aliphatic rings. The minimum absolute atomic E-state index is 0.269. The van der Waals surface area contributed by atoms with E-state index in [-0.39, 0.29) is 11.8 Å². The molecule has 0 aliphatic heterocycles. The SMILES string of the molecule is CCOC(=O)C1(Nc2ccccc2F)CCCC(C)C1. The van der Waals surface area contributed by atoms with E-state index >= 15 is 0 Å². The molecule has 20 heavy (non-hydrogen) atoms. The zero-order valence-corrected chi connectivity index (χ0v) is 12.1. The summed E-state index contributed by atoms with van der Waals surface area (Å²) in [5.74, 6) is -0.184. The lowest BCUT2D eigenvalue weighted by Crippen LogP contribution is -2.50. The van der Waals surface area contributed by atoms with Gasteiger partial charge in [0, 0.05) is 0 Å². The summed E-state index contributed by atoms with van der Waals surface area (Å²) in [5, 5.41) is 3.13. The number of nitrogens with one attached hydrogen (secondary N) is 1. The Hall–Kier alpha value is -1.58. The fraction of sp³-hybridized carbons (Fsp3) is 0.562. The number of anilines is 1. The molecule has 0 aromatic heterocycles. The van der Waals surface area contributed by atoms with Crippen LogP contribution < -0.4 is 5.32 Å². The van der Waals surface area contributed by atoms with Crippen molar-refractivity contribution in [3.8, 4) is 0 Å². The van der Waals surface area contributed by atoms with E-state index in [1.165, 1.54) is 6.07 Å². The van der Waals surface area contributed by atoms with Gasteiger partial charge in [0.2, 0.25) is 0 Å². The molecule has 1 aliphatic carbocycles. The van der Waals surface area contributed by atoms with Gasteiger partial charge in [0.1, 0.15) is 11.4 Å². The predicted octanol–water partition coefficient (Wildman–Crippen LogP) is 3.75. The first-order valence-corrected chi connectivity index (χ1v) is 7.27. The molecule has 0 radical (unpaired) electrons. The van der Waals surface area contributed by atoms with E-state index in [4.69, 9.17) is 4.74 Å². The molecular weight excluding hydrogens is 257 g/mol. The first kappa shape index (κ1) is 14.8. The Morgan fingerprint density at radius 1 is 1.50 bits per heavy atom. The first-order valence-electron chi connectivity index (χ1n) is 7.27. The highest BCUT2D eigenvalue weighted by molar-refractivity contribution is 5.84. The summed E-state index contributed by atoms with van der Waals surface area (Å²) in [6.07, 6.45) is 3.41. The molecule has 110 valence electrons. The van der Waals surface area contributed by atoms with Crippen molar-refractivity contribution in [3.05, 3.63) is 30.1 Å². The number of rotatable bonds is 4. The Morgan fingerprint density at radius 2 is 2.25 bits per heavy atom. The molecule has 2 atom stereocenters. The van der Waals surface area contributed by atoms with E-state index in [0.717, 1.165) is 12.8 Å². The zero-order valence-electron chi connectivity index (χ0n) is 12.1. The molecule has 0 spiro atoms. The van der Waals surface area contributed by atoms with Crippen molar-refractivity contribution in [3.63, 3.8) is 0 Å². The second kappa shape index (κ2) is 6.25. The molecular formula is C16H22FNO2. The highest BCUT2D eigenvalue weighted by Crippen LogP contribution is 2.36. The number of carbonyl (C=O) groups is 1. The van der Waals surface area contributed by atoms with Gasteiger partial charge in [-0.05, 0) is 37.8 Å². The van der Waals surface area contributed by atoms with Crippen LogP contribution in [0.2, 0.25) is 0 Å². The third-order valence-corrected chi connectivity index (χ3v) is 3.91. The van der Waals surface area contributed by atoms with Crippen LogP contribution in [-0.2, 0) is 9.53 Å². The number of hydrogen-bond donors (Lipinski definition) is 1. The van der Waals surface area contributed by atoms with Crippen LogP contribution >= 0.6 is 0 Å². The van der Waals surface area contributed by atoms with Crippen molar-refractivity contribution in [2.24, 2.45) is 5.92 Å². The number of carbonyl (C=O) groups excluding carboxylic acids is 1. The molecule has 1 fully saturated rings. The van der Waals surface area contributed by atoms with E-state index in [1.54, 1.807) is 25.1 Å². The minimum atomic E-state index is -0.796. The van der Waals surface area contributed by atoms with Crippen molar-refractivity contribution in [2.75, 3.05) is 11.9 Å². The molecule has 0 amide bonds. The Morgan fingerprint density at radius 3 is 2.90 bits per heavy atom. The number of para-hydroxylation sites is 1. The van der Waals surface area contributed by atoms with E-state index in [0.29, 0.717) is 31.1 Å². The van der Waals surface area contributed by atoms with Gasteiger partial charge in [-0.1, -0.05) is 31.9 Å². The van der Waals surface area contributed by atoms with Crippen LogP contribution in [0.15, 0.2) is 24.3 Å². The molecule has 1 N–H and O–H groups in total. The third-order valence-electron chi connectivity index (χ3n) is 3.91. The zero-order chi connectivity index (χ0) is 14.6. The van der Waals surface area contributed by atoms with E-state index in [2.05, 4.69) is 12.2 Å². The molecule has 2 unspecified atom stereocenters. The van der Waals surface area contributed by atoms with Crippen LogP contribution in [0.5, 0.6) is 0 Å². The second-order valence-corrected chi connectivity index (χ2v) is 5.61. The highest BCUT2D eigenvalue weighted by Gasteiger charge is 2.43. The molecule has 0 heterocycles. The van der Waals surface area contributed by atoms with Crippen molar-refractivity contribution in [2.45, 2.75) is 45.1 Å². The van der Waals surface area contributed by atoms with Crippen molar-refractivity contribution < 1.29 is 13.9 Å². The Labute approximate surface area is 119 Å². The molecule has 4 heteroatoms. The normalized spacial score (nSPS) is 26.1. The molecule has 2 rings (SSSR count). The van der Waals surface area contributed by atoms with Gasteiger partial charge in [-0.15, -0.1) is 0 Å². The molecule has 1 aromatic carbocycles. The maximum absolute atomic E-state index is 13.8. The molecule has 0 saturated heterocycles. The van der Waals surface area contributed by atoms with Gasteiger partial charge in [-0.2, -0.15) is 0 Å². The molecule has 3 nitrogen and oxygen atoms in total. The van der Waals surface area contributed by atoms with Crippen molar-refractivity contribution in [1.29, 1.82) is 0 Å². The van der Waals surface area contributed by atoms with Crippen LogP contribution in [0.3, 0.4) is 0 Å². The van der Waals surface area contributed by atoms with E-state index in [9.17, 15) is 9.18 Å². The van der Waals surface area contributed by atoms with Crippen LogP contribution in [0.4, 0.5) is 10.1 Å². The van der Waals surface area contributed by atoms with Crippen LogP contribution in [-0.4, -0.2) is 18.1 Å². The lowest BCUT2D eigenvalue weighted by Gasteiger charge is -2.39. The van der Waals surface area contributed by atoms with Gasteiger partial charge in [-0.3, -0.25) is 0 Å². The average Bonchev–Trinajstić information content (AvgIpc) is 2.42. The standard InChI is InChI=1S/C16H22FNO2/c1-3-20-15(19)16(10-6-7-12(2)11-16)18-14-9-5-4-8-13(14)17/h4-5,8-9,12,18H,3,6-7,10-11H2,1-2H3. The topological polar surface area (TPSA) is 38.3 Å². The van der Waals surface area contributed by atoms with Gasteiger partial charge in [-0.25, -0.2) is 9.18 Å². The number of esters is 1. The fourth-order valence-electron chi connectivity index (χ4n) is 2.99. The van der Waals surface area contributed by atoms with Gasteiger partial charge in [0.25, 0.3) is 0 Å². The maximum Gasteiger partial charge on any atom is 0.331 e. The van der Waals surface area contributed by atoms with Gasteiger partial charge in [0.15, 0.2) is 0 Å². The number of ether oxygens (including phenoxy) is 1. The average molecular weight is 279 g/mol. The van der Waals surface area contributed by atoms with Crippen LogP contribution in [0.25, 0.3) is 0 Å². The summed E-state index contributed by atoms with van der Waals surface area (Å²) in [6.45, 7) is 4.25. The second-order valence-electron chi connectivity index (χ2n) is 5.61. The lowest BCUT2D eigenvalue weighted by molar-refractivity contribution is -0.150. The fourth-order valence-corrected chi connectivity index (χ4v) is 2.99. The number of benzene rings is 1. The summed E-state index contributed by atoms with van der Waals surface area (Å²) in [4.78, 5) is 12.4. The summed E-state index contributed by atoms with van der Waals surface area (Å²) >= 11 is 0. The van der Waals surface area contributed by atoms with Gasteiger partial charge >= 0.3 is 5.97 Å². The summed E-state index contributed by atoms with van der Waals surface area (Å²) in [7, 11) is 0. The van der Waals surface area contributed by atoms with Crippen molar-refractivity contribution in [1.82, 2.24) is 0 Å². The van der Waals surface area contributed by atoms with E-state index in [1.807, 2.05) is 0 Å². The first-order chi connectivity index (χ1) is 9.57. The van der Waals surface area contributed by atoms with Gasteiger partial charge < -0.3 is 10.1 Å². The Bertz CT molecular complexity index is 477. The number of hydrogen-bond acceptors (Lipinski definition) is 3.